The third kappa shape index (κ3) is 4.27. The fourth-order valence-corrected chi connectivity index (χ4v) is 1.90. The number of carbonyl (C=O) groups is 2. The Kier molecular flexibility index (Phi) is 6.07. The number of hydrogen-bond donors (Lipinski definition) is 2. The minimum absolute atomic E-state index is 0.0207. The number of rotatable bonds is 5. The van der Waals surface area contributed by atoms with Crippen LogP contribution in [0.1, 0.15) is 26.7 Å². The second-order valence-corrected chi connectivity index (χ2v) is 4.73. The van der Waals surface area contributed by atoms with Gasteiger partial charge < -0.3 is 20.7 Å². The molecule has 104 valence electrons. The maximum atomic E-state index is 12.0. The predicted molar refractivity (Wildman–Crippen MR) is 67.9 cm³/mol. The van der Waals surface area contributed by atoms with Gasteiger partial charge in [0.15, 0.2) is 0 Å². The van der Waals surface area contributed by atoms with E-state index in [0.29, 0.717) is 32.5 Å². The van der Waals surface area contributed by atoms with Crippen molar-refractivity contribution in [3.8, 4) is 0 Å². The minimum atomic E-state index is -0.508. The van der Waals surface area contributed by atoms with E-state index in [1.54, 1.807) is 4.90 Å². The predicted octanol–water partition coefficient (Wildman–Crippen LogP) is -0.523. The zero-order valence-corrected chi connectivity index (χ0v) is 11.1. The summed E-state index contributed by atoms with van der Waals surface area (Å²) in [5.74, 6) is -0.168. The van der Waals surface area contributed by atoms with Crippen LogP contribution < -0.4 is 11.1 Å². The highest BCUT2D eigenvalue weighted by Gasteiger charge is 2.32. The van der Waals surface area contributed by atoms with Gasteiger partial charge in [-0.3, -0.25) is 9.59 Å². The Morgan fingerprint density at radius 2 is 2.22 bits per heavy atom. The van der Waals surface area contributed by atoms with Crippen molar-refractivity contribution in [3.05, 3.63) is 0 Å². The summed E-state index contributed by atoms with van der Waals surface area (Å²) in [6.45, 7) is 5.50. The molecule has 1 atom stereocenters. The first-order valence-corrected chi connectivity index (χ1v) is 6.44. The Morgan fingerprint density at radius 1 is 1.50 bits per heavy atom. The SMILES string of the molecule is CC(C)NC(=O)C1COCCN1C(=O)CCCN. The maximum absolute atomic E-state index is 12.0. The number of nitrogens with zero attached hydrogens (tertiary/aromatic N) is 1. The molecule has 0 saturated carbocycles. The summed E-state index contributed by atoms with van der Waals surface area (Å²) in [5.41, 5.74) is 5.39. The maximum Gasteiger partial charge on any atom is 0.245 e. The summed E-state index contributed by atoms with van der Waals surface area (Å²) < 4.78 is 5.29. The van der Waals surface area contributed by atoms with Gasteiger partial charge in [0.05, 0.1) is 13.2 Å². The van der Waals surface area contributed by atoms with Crippen molar-refractivity contribution < 1.29 is 14.3 Å². The Hall–Kier alpha value is -1.14. The molecule has 0 spiro atoms. The lowest BCUT2D eigenvalue weighted by molar-refractivity contribution is -0.148. The molecule has 6 heteroatoms. The van der Waals surface area contributed by atoms with E-state index in [1.807, 2.05) is 13.8 Å². The molecular formula is C12H23N3O3. The molecule has 1 fully saturated rings. The Balaban J connectivity index is 2.61. The van der Waals surface area contributed by atoms with Crippen molar-refractivity contribution in [2.24, 2.45) is 5.73 Å². The molecule has 0 aromatic rings. The smallest absolute Gasteiger partial charge is 0.245 e. The summed E-state index contributed by atoms with van der Waals surface area (Å²) >= 11 is 0. The topological polar surface area (TPSA) is 84.7 Å². The number of morpholine rings is 1. The molecule has 1 aliphatic heterocycles. The lowest BCUT2D eigenvalue weighted by atomic mass is 10.1. The number of amides is 2. The highest BCUT2D eigenvalue weighted by atomic mass is 16.5. The van der Waals surface area contributed by atoms with Crippen molar-refractivity contribution >= 4 is 11.8 Å². The van der Waals surface area contributed by atoms with Gasteiger partial charge in [-0.05, 0) is 26.8 Å². The fourth-order valence-electron chi connectivity index (χ4n) is 1.90. The van der Waals surface area contributed by atoms with Crippen LogP contribution in [-0.2, 0) is 14.3 Å². The van der Waals surface area contributed by atoms with E-state index in [-0.39, 0.29) is 24.5 Å². The molecule has 1 aliphatic rings. The second kappa shape index (κ2) is 7.33. The van der Waals surface area contributed by atoms with Crippen molar-refractivity contribution in [1.29, 1.82) is 0 Å². The van der Waals surface area contributed by atoms with Crippen LogP contribution in [0.4, 0.5) is 0 Å². The van der Waals surface area contributed by atoms with Crippen LogP contribution in [0.5, 0.6) is 0 Å². The zero-order valence-electron chi connectivity index (χ0n) is 11.1. The molecule has 1 unspecified atom stereocenters. The molecule has 0 aliphatic carbocycles. The van der Waals surface area contributed by atoms with Crippen LogP contribution >= 0.6 is 0 Å². The van der Waals surface area contributed by atoms with E-state index in [4.69, 9.17) is 10.5 Å². The van der Waals surface area contributed by atoms with E-state index >= 15 is 0 Å². The standard InChI is InChI=1S/C12H23N3O3/c1-9(2)14-12(17)10-8-18-7-6-15(10)11(16)4-3-5-13/h9-10H,3-8,13H2,1-2H3,(H,14,17). The fraction of sp³-hybridized carbons (Fsp3) is 0.833. The molecular weight excluding hydrogens is 234 g/mol. The molecule has 0 aromatic carbocycles. The van der Waals surface area contributed by atoms with Gasteiger partial charge in [0.25, 0.3) is 0 Å². The highest BCUT2D eigenvalue weighted by Crippen LogP contribution is 2.10. The van der Waals surface area contributed by atoms with Gasteiger partial charge in [0.2, 0.25) is 11.8 Å². The third-order valence-electron chi connectivity index (χ3n) is 2.78. The number of nitrogens with one attached hydrogen (secondary N) is 1. The van der Waals surface area contributed by atoms with Gasteiger partial charge in [0, 0.05) is 19.0 Å². The van der Waals surface area contributed by atoms with Crippen molar-refractivity contribution in [2.45, 2.75) is 38.8 Å². The Morgan fingerprint density at radius 3 is 2.83 bits per heavy atom. The quantitative estimate of drug-likeness (QED) is 0.694. The molecule has 2 amide bonds. The molecule has 0 aromatic heterocycles. The van der Waals surface area contributed by atoms with Crippen molar-refractivity contribution in [1.82, 2.24) is 10.2 Å². The molecule has 6 nitrogen and oxygen atoms in total. The van der Waals surface area contributed by atoms with Crippen molar-refractivity contribution in [3.63, 3.8) is 0 Å². The second-order valence-electron chi connectivity index (χ2n) is 4.73. The van der Waals surface area contributed by atoms with Crippen LogP contribution in [0, 0.1) is 0 Å². The molecule has 1 saturated heterocycles. The lowest BCUT2D eigenvalue weighted by Crippen LogP contribution is -2.56. The van der Waals surface area contributed by atoms with Crippen LogP contribution in [0.25, 0.3) is 0 Å². The summed E-state index contributed by atoms with van der Waals surface area (Å²) in [6.07, 6.45) is 1.04. The zero-order chi connectivity index (χ0) is 13.5. The first-order valence-electron chi connectivity index (χ1n) is 6.44. The molecule has 18 heavy (non-hydrogen) atoms. The third-order valence-corrected chi connectivity index (χ3v) is 2.78. The molecule has 1 heterocycles. The molecule has 0 bridgehead atoms. The normalized spacial score (nSPS) is 20.0. The van der Waals surface area contributed by atoms with Crippen molar-refractivity contribution in [2.75, 3.05) is 26.3 Å². The Labute approximate surface area is 108 Å². The van der Waals surface area contributed by atoms with E-state index < -0.39 is 6.04 Å². The van der Waals surface area contributed by atoms with Gasteiger partial charge in [-0.1, -0.05) is 0 Å². The lowest BCUT2D eigenvalue weighted by Gasteiger charge is -2.35. The van der Waals surface area contributed by atoms with E-state index in [1.165, 1.54) is 0 Å². The average molecular weight is 257 g/mol. The number of hydrogen-bond acceptors (Lipinski definition) is 4. The minimum Gasteiger partial charge on any atom is -0.377 e. The number of carbonyl (C=O) groups excluding carboxylic acids is 2. The average Bonchev–Trinajstić information content (AvgIpc) is 2.35. The largest absolute Gasteiger partial charge is 0.377 e. The van der Waals surface area contributed by atoms with E-state index in [0.717, 1.165) is 0 Å². The van der Waals surface area contributed by atoms with Gasteiger partial charge in [0.1, 0.15) is 6.04 Å². The number of nitrogens with two attached hydrogens (primary N) is 1. The first-order chi connectivity index (χ1) is 8.56. The van der Waals surface area contributed by atoms with Gasteiger partial charge in [-0.15, -0.1) is 0 Å². The monoisotopic (exact) mass is 257 g/mol. The summed E-state index contributed by atoms with van der Waals surface area (Å²) in [6, 6.07) is -0.452. The van der Waals surface area contributed by atoms with Gasteiger partial charge >= 0.3 is 0 Å². The van der Waals surface area contributed by atoms with E-state index in [9.17, 15) is 9.59 Å². The van der Waals surface area contributed by atoms with Gasteiger partial charge in [-0.2, -0.15) is 0 Å². The van der Waals surface area contributed by atoms with Crippen LogP contribution in [0.15, 0.2) is 0 Å². The molecule has 3 N–H and O–H groups in total. The molecule has 1 rings (SSSR count). The Bertz CT molecular complexity index is 294. The summed E-state index contributed by atoms with van der Waals surface area (Å²) in [7, 11) is 0. The highest BCUT2D eigenvalue weighted by molar-refractivity contribution is 5.88. The first kappa shape index (κ1) is 14.9. The van der Waals surface area contributed by atoms with Crippen LogP contribution in [0.2, 0.25) is 0 Å². The van der Waals surface area contributed by atoms with Crippen LogP contribution in [0.3, 0.4) is 0 Å². The van der Waals surface area contributed by atoms with Crippen LogP contribution in [-0.4, -0.2) is 55.1 Å². The van der Waals surface area contributed by atoms with E-state index in [2.05, 4.69) is 5.32 Å². The summed E-state index contributed by atoms with van der Waals surface area (Å²) in [5, 5.41) is 2.82. The summed E-state index contributed by atoms with van der Waals surface area (Å²) in [4.78, 5) is 25.6. The number of ether oxygens (including phenoxy) is 1. The van der Waals surface area contributed by atoms with Gasteiger partial charge in [-0.25, -0.2) is 0 Å². The molecule has 0 radical (unpaired) electrons.